The van der Waals surface area contributed by atoms with Crippen molar-refractivity contribution in [2.75, 3.05) is 50.7 Å². The van der Waals surface area contributed by atoms with Crippen molar-refractivity contribution in [3.8, 4) is 17.5 Å². The zero-order valence-electron chi connectivity index (χ0n) is 22.4. The third kappa shape index (κ3) is 9.67. The molecule has 0 unspecified atom stereocenters. The Balaban J connectivity index is 1.61. The molecule has 220 valence electrons. The number of esters is 1. The van der Waals surface area contributed by atoms with Crippen molar-refractivity contribution in [2.24, 2.45) is 0 Å². The fraction of sp³-hybridized carbons (Fsp3) is 0.407. The molecular weight excluding hydrogens is 545 g/mol. The summed E-state index contributed by atoms with van der Waals surface area (Å²) in [6.45, 7) is 1.23. The minimum Gasteiger partial charge on any atom is -0.494 e. The van der Waals surface area contributed by atoms with Crippen molar-refractivity contribution < 1.29 is 36.9 Å². The molecule has 0 radical (unpaired) electrons. The van der Waals surface area contributed by atoms with Crippen LogP contribution in [0, 0.1) is 0 Å². The number of nitrogens with one attached hydrogen (secondary N) is 3. The van der Waals surface area contributed by atoms with Gasteiger partial charge in [-0.2, -0.15) is 28.1 Å². The van der Waals surface area contributed by atoms with E-state index in [-0.39, 0.29) is 29.8 Å². The maximum absolute atomic E-state index is 12.8. The molecule has 0 atom stereocenters. The zero-order valence-corrected chi connectivity index (χ0v) is 22.4. The number of methoxy groups -OCH3 is 1. The molecular formula is C27H31F3N6O5. The Bertz CT molecular complexity index is 1290. The summed E-state index contributed by atoms with van der Waals surface area (Å²) in [5.41, 5.74) is 1.51. The third-order valence-corrected chi connectivity index (χ3v) is 5.77. The summed E-state index contributed by atoms with van der Waals surface area (Å²) in [7, 11) is 1.27. The van der Waals surface area contributed by atoms with Gasteiger partial charge in [-0.05, 0) is 62.2 Å². The number of hydrogen-bond donors (Lipinski definition) is 3. The van der Waals surface area contributed by atoms with Gasteiger partial charge in [0.1, 0.15) is 17.1 Å². The Labute approximate surface area is 234 Å². The minimum atomic E-state index is -4.58. The minimum absolute atomic E-state index is 0.00598. The lowest BCUT2D eigenvalue weighted by Gasteiger charge is -2.14. The fourth-order valence-electron chi connectivity index (χ4n) is 3.76. The molecule has 5 rings (SSSR count). The molecule has 0 spiro atoms. The van der Waals surface area contributed by atoms with Crippen LogP contribution < -0.4 is 30.2 Å². The van der Waals surface area contributed by atoms with Crippen molar-refractivity contribution in [3.05, 3.63) is 53.6 Å². The first-order chi connectivity index (χ1) is 19.8. The van der Waals surface area contributed by atoms with E-state index in [0.717, 1.165) is 43.7 Å². The first-order valence-electron chi connectivity index (χ1n) is 13.0. The number of anilines is 3. The molecule has 3 N–H and O–H groups in total. The average molecular weight is 577 g/mol. The summed E-state index contributed by atoms with van der Waals surface area (Å²) in [5, 5.41) is 9.28. The summed E-state index contributed by atoms with van der Waals surface area (Å²) in [4.78, 5) is 24.5. The van der Waals surface area contributed by atoms with E-state index < -0.39 is 24.8 Å². The highest BCUT2D eigenvalue weighted by Gasteiger charge is 2.29. The van der Waals surface area contributed by atoms with Crippen LogP contribution in [0.1, 0.15) is 35.2 Å². The van der Waals surface area contributed by atoms with E-state index in [1.54, 1.807) is 12.1 Å². The van der Waals surface area contributed by atoms with Gasteiger partial charge in [0.25, 0.3) is 0 Å². The van der Waals surface area contributed by atoms with Gasteiger partial charge in [0.05, 0.1) is 20.3 Å². The first kappa shape index (κ1) is 29.6. The van der Waals surface area contributed by atoms with E-state index in [9.17, 15) is 18.0 Å². The number of halogens is 3. The largest absolute Gasteiger partial charge is 0.494 e. The summed E-state index contributed by atoms with van der Waals surface area (Å²) in [6.07, 6.45) is -2.16. The van der Waals surface area contributed by atoms with E-state index in [2.05, 4.69) is 30.9 Å². The molecule has 0 fully saturated rings. The number of benzene rings is 2. The van der Waals surface area contributed by atoms with Gasteiger partial charge in [-0.1, -0.05) is 12.1 Å². The van der Waals surface area contributed by atoms with Gasteiger partial charge in [0.2, 0.25) is 11.9 Å². The fourth-order valence-corrected chi connectivity index (χ4v) is 3.76. The molecule has 3 heterocycles. The lowest BCUT2D eigenvalue weighted by Crippen LogP contribution is -2.21. The maximum Gasteiger partial charge on any atom is 0.422 e. The molecule has 0 saturated heterocycles. The number of fused-ring (bicyclic) bond motifs is 12. The lowest BCUT2D eigenvalue weighted by atomic mass is 10.2. The molecule has 0 aliphatic carbocycles. The number of carbonyl (C=O) groups excluding carboxylic acids is 1. The van der Waals surface area contributed by atoms with Gasteiger partial charge in [-0.15, -0.1) is 0 Å². The van der Waals surface area contributed by atoms with Gasteiger partial charge < -0.3 is 34.9 Å². The van der Waals surface area contributed by atoms with Crippen LogP contribution in [-0.2, 0) is 11.3 Å². The Morgan fingerprint density at radius 1 is 0.951 bits per heavy atom. The molecule has 2 aliphatic rings. The summed E-state index contributed by atoms with van der Waals surface area (Å²) in [6, 6.07) is 11.5. The van der Waals surface area contributed by atoms with Gasteiger partial charge in [0, 0.05) is 18.3 Å². The molecule has 41 heavy (non-hydrogen) atoms. The average Bonchev–Trinajstić information content (AvgIpc) is 2.95. The number of ether oxygens (including phenoxy) is 4. The molecule has 3 aromatic rings. The maximum atomic E-state index is 12.8. The van der Waals surface area contributed by atoms with Crippen LogP contribution in [0.15, 0.2) is 42.5 Å². The van der Waals surface area contributed by atoms with Crippen molar-refractivity contribution >= 4 is 23.6 Å². The number of alkyl halides is 3. The van der Waals surface area contributed by atoms with Crippen LogP contribution in [0.25, 0.3) is 0 Å². The predicted octanol–water partition coefficient (Wildman–Crippen LogP) is 4.49. The molecule has 11 nitrogen and oxygen atoms in total. The Morgan fingerprint density at radius 3 is 2.49 bits per heavy atom. The molecule has 0 amide bonds. The second kappa shape index (κ2) is 14.3. The van der Waals surface area contributed by atoms with Gasteiger partial charge in [-0.3, -0.25) is 0 Å². The lowest BCUT2D eigenvalue weighted by molar-refractivity contribution is -0.154. The molecule has 6 bridgehead atoms. The topological polar surface area (TPSA) is 129 Å². The van der Waals surface area contributed by atoms with Crippen LogP contribution in [0.5, 0.6) is 17.5 Å². The number of nitrogens with zero attached hydrogens (tertiary/aromatic N) is 3. The van der Waals surface area contributed by atoms with Gasteiger partial charge in [-0.25, -0.2) is 4.79 Å². The Hall–Kier alpha value is -4.33. The third-order valence-electron chi connectivity index (χ3n) is 5.77. The summed E-state index contributed by atoms with van der Waals surface area (Å²) < 4.78 is 59.7. The van der Waals surface area contributed by atoms with Crippen LogP contribution in [0.2, 0.25) is 0 Å². The second-order valence-electron chi connectivity index (χ2n) is 9.00. The summed E-state index contributed by atoms with van der Waals surface area (Å²) >= 11 is 0. The highest BCUT2D eigenvalue weighted by molar-refractivity contribution is 5.93. The molecule has 0 saturated carbocycles. The number of hydrogen-bond acceptors (Lipinski definition) is 11. The highest BCUT2D eigenvalue weighted by atomic mass is 19.4. The van der Waals surface area contributed by atoms with Gasteiger partial charge >= 0.3 is 18.2 Å². The molecule has 2 aromatic carbocycles. The monoisotopic (exact) mass is 576 g/mol. The van der Waals surface area contributed by atoms with Crippen LogP contribution in [0.4, 0.5) is 30.8 Å². The smallest absolute Gasteiger partial charge is 0.422 e. The first-order valence-corrected chi connectivity index (χ1v) is 13.0. The van der Waals surface area contributed by atoms with E-state index in [4.69, 9.17) is 18.9 Å². The van der Waals surface area contributed by atoms with E-state index in [1.165, 1.54) is 13.2 Å². The van der Waals surface area contributed by atoms with Crippen molar-refractivity contribution in [1.82, 2.24) is 20.3 Å². The predicted molar refractivity (Wildman–Crippen MR) is 144 cm³/mol. The van der Waals surface area contributed by atoms with E-state index >= 15 is 0 Å². The van der Waals surface area contributed by atoms with Crippen LogP contribution >= 0.6 is 0 Å². The number of aromatic nitrogens is 3. The molecule has 14 heteroatoms. The van der Waals surface area contributed by atoms with E-state index in [1.807, 2.05) is 24.3 Å². The second-order valence-corrected chi connectivity index (χ2v) is 9.00. The summed E-state index contributed by atoms with van der Waals surface area (Å²) in [5.74, 6) is 0.342. The van der Waals surface area contributed by atoms with E-state index in [0.29, 0.717) is 18.9 Å². The molecule has 1 aromatic heterocycles. The Kier molecular flexibility index (Phi) is 10.4. The molecule has 2 aliphatic heterocycles. The van der Waals surface area contributed by atoms with Crippen LogP contribution in [-0.4, -0.2) is 67.1 Å². The highest BCUT2D eigenvalue weighted by Crippen LogP contribution is 2.27. The normalized spacial score (nSPS) is 14.9. The van der Waals surface area contributed by atoms with Crippen molar-refractivity contribution in [1.29, 1.82) is 0 Å². The quantitative estimate of drug-likeness (QED) is 0.382. The van der Waals surface area contributed by atoms with Crippen molar-refractivity contribution in [3.63, 3.8) is 0 Å². The zero-order chi connectivity index (χ0) is 29.1. The number of carbonyl (C=O) groups is 1. The Morgan fingerprint density at radius 2 is 1.71 bits per heavy atom. The van der Waals surface area contributed by atoms with Crippen LogP contribution in [0.3, 0.4) is 0 Å². The van der Waals surface area contributed by atoms with Gasteiger partial charge in [0.15, 0.2) is 6.61 Å². The SMILES string of the molecule is COC(=O)c1ccc2cc1OCCCCNCCCOc1ccc(cc1)CNc1nc(nc(OCC(F)(F)F)n1)N2. The van der Waals surface area contributed by atoms with Crippen molar-refractivity contribution in [2.45, 2.75) is 32.0 Å². The number of rotatable bonds is 3. The standard InChI is InChI=1S/C27H31F3N6O5/c1-38-23(37)21-10-7-19-15-22(21)40-13-3-2-11-31-12-4-14-39-20-8-5-18(6-9-20)16-32-24-34-25(33-19)36-26(35-24)41-17-27(28,29)30/h5-10,15,31H,2-4,11-14,16-17H2,1H3,(H2,32,33,34,35,36).